The SMILES string of the molecule is COc1c(N2CC3(C[C@H]2C(=O)Nc2ccnc(S(N)(=O)=O)c2)OCC(F)(F)CO3)ccc(F)c1F. The number of methoxy groups -OCH3 is 1. The fraction of sp³-hybridized carbons (Fsp3) is 0.400. The first kappa shape index (κ1) is 25.1. The standard InChI is InChI=1S/C20H20F4N4O6S/c1-32-17-13(3-2-12(21)16(17)22)28-8-20(33-9-19(23,24)10-34-20)7-14(28)18(29)27-11-4-5-26-15(6-11)35(25,30)31/h2-6,14H,7-10H2,1H3,(H2,25,30,31)(H,26,27,29)/t14-/m0/s1. The van der Waals surface area contributed by atoms with Crippen LogP contribution < -0.4 is 20.1 Å². The first-order valence-corrected chi connectivity index (χ1v) is 11.6. The predicted octanol–water partition coefficient (Wildman–Crippen LogP) is 1.61. The zero-order valence-corrected chi connectivity index (χ0v) is 19.0. The molecule has 2 saturated heterocycles. The highest BCUT2D eigenvalue weighted by Gasteiger charge is 2.55. The van der Waals surface area contributed by atoms with E-state index in [-0.39, 0.29) is 24.3 Å². The fourth-order valence-electron chi connectivity index (χ4n) is 3.90. The van der Waals surface area contributed by atoms with Gasteiger partial charge in [0.25, 0.3) is 15.9 Å². The van der Waals surface area contributed by atoms with Crippen molar-refractivity contribution < 1.29 is 45.0 Å². The van der Waals surface area contributed by atoms with Crippen molar-refractivity contribution >= 4 is 27.3 Å². The van der Waals surface area contributed by atoms with E-state index in [9.17, 15) is 30.8 Å². The minimum atomic E-state index is -4.16. The van der Waals surface area contributed by atoms with Gasteiger partial charge in [-0.1, -0.05) is 0 Å². The summed E-state index contributed by atoms with van der Waals surface area (Å²) in [6.45, 7) is -2.22. The summed E-state index contributed by atoms with van der Waals surface area (Å²) in [5, 5.41) is 7.05. The van der Waals surface area contributed by atoms with Gasteiger partial charge in [-0.3, -0.25) is 4.79 Å². The van der Waals surface area contributed by atoms with Gasteiger partial charge in [0, 0.05) is 24.4 Å². The van der Waals surface area contributed by atoms with Crippen molar-refractivity contribution in [1.29, 1.82) is 0 Å². The number of pyridine rings is 1. The number of sulfonamides is 1. The molecule has 190 valence electrons. The number of benzene rings is 1. The lowest BCUT2D eigenvalue weighted by molar-refractivity contribution is -0.319. The third-order valence-electron chi connectivity index (χ3n) is 5.52. The number of carbonyl (C=O) groups is 1. The molecule has 1 atom stereocenters. The van der Waals surface area contributed by atoms with Crippen LogP contribution in [0.1, 0.15) is 6.42 Å². The van der Waals surface area contributed by atoms with E-state index < -0.39 is 69.3 Å². The third-order valence-corrected chi connectivity index (χ3v) is 6.33. The van der Waals surface area contributed by atoms with E-state index in [2.05, 4.69) is 10.3 Å². The Labute approximate surface area is 197 Å². The zero-order valence-electron chi connectivity index (χ0n) is 18.1. The van der Waals surface area contributed by atoms with Gasteiger partial charge in [0.2, 0.25) is 11.7 Å². The second kappa shape index (κ2) is 8.89. The van der Waals surface area contributed by atoms with Crippen LogP contribution in [0.4, 0.5) is 28.9 Å². The molecule has 0 aliphatic carbocycles. The molecule has 3 N–H and O–H groups in total. The zero-order chi connectivity index (χ0) is 25.6. The topological polar surface area (TPSA) is 133 Å². The number of nitrogens with zero attached hydrogens (tertiary/aromatic N) is 2. The minimum absolute atomic E-state index is 0.0178. The van der Waals surface area contributed by atoms with Crippen LogP contribution >= 0.6 is 0 Å². The molecule has 2 aliphatic rings. The Kier molecular flexibility index (Phi) is 6.37. The van der Waals surface area contributed by atoms with Crippen LogP contribution in [-0.2, 0) is 24.3 Å². The number of carbonyl (C=O) groups excluding carboxylic acids is 1. The Hall–Kier alpha value is -3.01. The van der Waals surface area contributed by atoms with E-state index in [1.807, 2.05) is 0 Å². The van der Waals surface area contributed by atoms with E-state index >= 15 is 0 Å². The van der Waals surface area contributed by atoms with Crippen molar-refractivity contribution in [3.8, 4) is 5.75 Å². The lowest BCUT2D eigenvalue weighted by atomic mass is 10.1. The highest BCUT2D eigenvalue weighted by Crippen LogP contribution is 2.43. The lowest BCUT2D eigenvalue weighted by Gasteiger charge is -2.37. The molecule has 2 aromatic rings. The molecule has 1 aromatic heterocycles. The number of rotatable bonds is 5. The summed E-state index contributed by atoms with van der Waals surface area (Å²) < 4.78 is 94.2. The van der Waals surface area contributed by atoms with Crippen LogP contribution in [-0.4, -0.2) is 63.9 Å². The maximum absolute atomic E-state index is 14.4. The summed E-state index contributed by atoms with van der Waals surface area (Å²) in [6.07, 6.45) is 0.848. The summed E-state index contributed by atoms with van der Waals surface area (Å²) >= 11 is 0. The van der Waals surface area contributed by atoms with Crippen molar-refractivity contribution in [1.82, 2.24) is 4.98 Å². The summed E-state index contributed by atoms with van der Waals surface area (Å²) in [6, 6.07) is 3.11. The van der Waals surface area contributed by atoms with Gasteiger partial charge in [-0.15, -0.1) is 0 Å². The number of primary sulfonamides is 1. The largest absolute Gasteiger partial charge is 0.491 e. The molecule has 1 spiro atoms. The average Bonchev–Trinajstić information content (AvgIpc) is 3.17. The second-order valence-electron chi connectivity index (χ2n) is 8.02. The first-order valence-electron chi connectivity index (χ1n) is 10.1. The van der Waals surface area contributed by atoms with Crippen LogP contribution in [0.25, 0.3) is 0 Å². The maximum atomic E-state index is 14.4. The normalized spacial score (nSPS) is 21.2. The van der Waals surface area contributed by atoms with E-state index in [4.69, 9.17) is 19.3 Å². The highest BCUT2D eigenvalue weighted by molar-refractivity contribution is 7.89. The van der Waals surface area contributed by atoms with Crippen molar-refractivity contribution in [2.75, 3.05) is 37.1 Å². The van der Waals surface area contributed by atoms with Gasteiger partial charge in [0.05, 0.1) is 19.3 Å². The number of nitrogens with one attached hydrogen (secondary N) is 1. The maximum Gasteiger partial charge on any atom is 0.293 e. The average molecular weight is 520 g/mol. The molecule has 10 nitrogen and oxygen atoms in total. The minimum Gasteiger partial charge on any atom is -0.491 e. The van der Waals surface area contributed by atoms with Crippen LogP contribution in [0.3, 0.4) is 0 Å². The Morgan fingerprint density at radius 1 is 1.26 bits per heavy atom. The molecule has 0 bridgehead atoms. The predicted molar refractivity (Wildman–Crippen MR) is 112 cm³/mol. The van der Waals surface area contributed by atoms with Crippen LogP contribution in [0.15, 0.2) is 35.5 Å². The second-order valence-corrected chi connectivity index (χ2v) is 9.53. The van der Waals surface area contributed by atoms with Gasteiger partial charge in [-0.2, -0.15) is 4.39 Å². The number of halogens is 4. The fourth-order valence-corrected chi connectivity index (χ4v) is 4.40. The van der Waals surface area contributed by atoms with E-state index in [1.165, 1.54) is 17.0 Å². The molecule has 15 heteroatoms. The molecule has 1 amide bonds. The van der Waals surface area contributed by atoms with Gasteiger partial charge >= 0.3 is 0 Å². The monoisotopic (exact) mass is 520 g/mol. The van der Waals surface area contributed by atoms with E-state index in [0.29, 0.717) is 0 Å². The first-order chi connectivity index (χ1) is 16.3. The summed E-state index contributed by atoms with van der Waals surface area (Å²) in [5.74, 6) is -8.65. The van der Waals surface area contributed by atoms with Gasteiger partial charge in [-0.25, -0.2) is 31.7 Å². The third kappa shape index (κ3) is 5.03. The molecule has 3 heterocycles. The van der Waals surface area contributed by atoms with Crippen LogP contribution in [0, 0.1) is 11.6 Å². The Morgan fingerprint density at radius 2 is 1.94 bits per heavy atom. The number of hydrogen-bond donors (Lipinski definition) is 2. The lowest BCUT2D eigenvalue weighted by Crippen LogP contribution is -2.51. The van der Waals surface area contributed by atoms with E-state index in [1.54, 1.807) is 0 Å². The van der Waals surface area contributed by atoms with Crippen LogP contribution in [0.2, 0.25) is 0 Å². The molecular formula is C20H20F4N4O6S. The number of ether oxygens (including phenoxy) is 3. The van der Waals surface area contributed by atoms with Crippen molar-refractivity contribution in [2.45, 2.75) is 29.2 Å². The number of nitrogens with two attached hydrogens (primary N) is 1. The Morgan fingerprint density at radius 3 is 2.57 bits per heavy atom. The quantitative estimate of drug-likeness (QED) is 0.569. The number of hydrogen-bond acceptors (Lipinski definition) is 8. The summed E-state index contributed by atoms with van der Waals surface area (Å²) in [4.78, 5) is 18.1. The highest BCUT2D eigenvalue weighted by atomic mass is 32.2. The number of aromatic nitrogens is 1. The molecule has 0 radical (unpaired) electrons. The summed E-state index contributed by atoms with van der Waals surface area (Å²) in [5.41, 5.74) is -0.0305. The molecule has 2 fully saturated rings. The molecule has 1 aromatic carbocycles. The van der Waals surface area contributed by atoms with Crippen LogP contribution in [0.5, 0.6) is 5.75 Å². The van der Waals surface area contributed by atoms with Gasteiger partial charge in [0.15, 0.2) is 22.4 Å². The number of alkyl halides is 2. The van der Waals surface area contributed by atoms with Gasteiger partial charge in [0.1, 0.15) is 19.3 Å². The van der Waals surface area contributed by atoms with Gasteiger partial charge < -0.3 is 24.4 Å². The van der Waals surface area contributed by atoms with Crippen molar-refractivity contribution in [2.24, 2.45) is 5.14 Å². The molecule has 35 heavy (non-hydrogen) atoms. The Balaban J connectivity index is 1.69. The Bertz CT molecular complexity index is 1250. The molecule has 0 unspecified atom stereocenters. The van der Waals surface area contributed by atoms with E-state index in [0.717, 1.165) is 25.4 Å². The number of anilines is 2. The summed E-state index contributed by atoms with van der Waals surface area (Å²) in [7, 11) is -3.06. The molecule has 2 aliphatic heterocycles. The number of amides is 1. The molecule has 4 rings (SSSR count). The molecular weight excluding hydrogens is 500 g/mol. The van der Waals surface area contributed by atoms with Gasteiger partial charge in [-0.05, 0) is 18.2 Å². The van der Waals surface area contributed by atoms with Crippen molar-refractivity contribution in [3.05, 3.63) is 42.1 Å². The molecule has 0 saturated carbocycles. The smallest absolute Gasteiger partial charge is 0.293 e. The van der Waals surface area contributed by atoms with Crippen molar-refractivity contribution in [3.63, 3.8) is 0 Å².